The van der Waals surface area contributed by atoms with Crippen molar-refractivity contribution in [3.05, 3.63) is 66.4 Å². The van der Waals surface area contributed by atoms with E-state index in [4.69, 9.17) is 14.2 Å². The molecule has 0 aliphatic heterocycles. The first-order valence-corrected chi connectivity index (χ1v) is 8.53. The molecule has 0 aliphatic carbocycles. The van der Waals surface area contributed by atoms with Gasteiger partial charge in [0.25, 0.3) is 5.91 Å². The van der Waals surface area contributed by atoms with Crippen LogP contribution in [-0.2, 0) is 0 Å². The molecule has 2 aromatic carbocycles. The number of amides is 1. The zero-order valence-corrected chi connectivity index (χ0v) is 15.9. The van der Waals surface area contributed by atoms with Gasteiger partial charge in [0, 0.05) is 11.3 Å². The molecule has 0 unspecified atom stereocenters. The number of anilines is 3. The molecule has 0 radical (unpaired) electrons. The van der Waals surface area contributed by atoms with Crippen molar-refractivity contribution in [3.63, 3.8) is 0 Å². The molecule has 1 heterocycles. The van der Waals surface area contributed by atoms with E-state index in [1.807, 2.05) is 24.3 Å². The van der Waals surface area contributed by atoms with Crippen LogP contribution in [0.15, 0.2) is 60.8 Å². The lowest BCUT2D eigenvalue weighted by Gasteiger charge is -2.10. The number of nitrogens with one attached hydrogen (secondary N) is 2. The number of pyridine rings is 1. The van der Waals surface area contributed by atoms with Crippen LogP contribution in [0.3, 0.4) is 0 Å². The molecule has 0 saturated carbocycles. The van der Waals surface area contributed by atoms with Crippen molar-refractivity contribution in [2.24, 2.45) is 0 Å². The van der Waals surface area contributed by atoms with Crippen LogP contribution >= 0.6 is 0 Å². The predicted octanol–water partition coefficient (Wildman–Crippen LogP) is 4.10. The lowest BCUT2D eigenvalue weighted by Crippen LogP contribution is -2.12. The molecule has 2 N–H and O–H groups in total. The molecular formula is C21H21N3O4. The number of carbonyl (C=O) groups excluding carboxylic acids is 1. The van der Waals surface area contributed by atoms with E-state index in [2.05, 4.69) is 15.6 Å². The van der Waals surface area contributed by atoms with Gasteiger partial charge in [-0.3, -0.25) is 4.79 Å². The van der Waals surface area contributed by atoms with E-state index < -0.39 is 0 Å². The number of hydrogen-bond donors (Lipinski definition) is 2. The maximum Gasteiger partial charge on any atom is 0.255 e. The first-order chi connectivity index (χ1) is 13.6. The van der Waals surface area contributed by atoms with Gasteiger partial charge in [-0.05, 0) is 54.6 Å². The molecule has 1 amide bonds. The number of methoxy groups -OCH3 is 3. The maximum atomic E-state index is 12.5. The molecule has 0 spiro atoms. The lowest BCUT2D eigenvalue weighted by molar-refractivity contribution is 0.102. The van der Waals surface area contributed by atoms with Gasteiger partial charge in [0.05, 0.1) is 33.2 Å². The summed E-state index contributed by atoms with van der Waals surface area (Å²) in [7, 11) is 4.70. The Hall–Kier alpha value is -3.74. The molecule has 3 rings (SSSR count). The summed E-state index contributed by atoms with van der Waals surface area (Å²) >= 11 is 0. The third kappa shape index (κ3) is 4.50. The summed E-state index contributed by atoms with van der Waals surface area (Å²) in [5, 5.41) is 6.00. The van der Waals surface area contributed by atoms with Gasteiger partial charge >= 0.3 is 0 Å². The first-order valence-electron chi connectivity index (χ1n) is 8.53. The largest absolute Gasteiger partial charge is 0.497 e. The molecule has 0 atom stereocenters. The van der Waals surface area contributed by atoms with Gasteiger partial charge in [0.1, 0.15) is 11.6 Å². The van der Waals surface area contributed by atoms with Crippen molar-refractivity contribution < 1.29 is 19.0 Å². The van der Waals surface area contributed by atoms with Crippen molar-refractivity contribution in [2.45, 2.75) is 0 Å². The van der Waals surface area contributed by atoms with Crippen LogP contribution in [0.2, 0.25) is 0 Å². The fraction of sp³-hybridized carbons (Fsp3) is 0.143. The van der Waals surface area contributed by atoms with Crippen LogP contribution in [-0.4, -0.2) is 32.2 Å². The first kappa shape index (κ1) is 19.0. The lowest BCUT2D eigenvalue weighted by atomic mass is 10.2. The monoisotopic (exact) mass is 379 g/mol. The summed E-state index contributed by atoms with van der Waals surface area (Å²) in [6.45, 7) is 0. The molecule has 0 bridgehead atoms. The number of carbonyl (C=O) groups is 1. The van der Waals surface area contributed by atoms with Crippen LogP contribution in [0.4, 0.5) is 17.2 Å². The van der Waals surface area contributed by atoms with Gasteiger partial charge in [0.15, 0.2) is 11.5 Å². The Balaban J connectivity index is 1.65. The molecular weight excluding hydrogens is 358 g/mol. The summed E-state index contributed by atoms with van der Waals surface area (Å²) in [4.78, 5) is 16.8. The van der Waals surface area contributed by atoms with E-state index in [1.165, 1.54) is 7.11 Å². The van der Waals surface area contributed by atoms with E-state index in [0.717, 1.165) is 11.4 Å². The Morgan fingerprint density at radius 2 is 1.54 bits per heavy atom. The Morgan fingerprint density at radius 3 is 2.14 bits per heavy atom. The van der Waals surface area contributed by atoms with Gasteiger partial charge in [-0.25, -0.2) is 4.98 Å². The van der Waals surface area contributed by atoms with E-state index >= 15 is 0 Å². The highest BCUT2D eigenvalue weighted by molar-refractivity contribution is 6.04. The van der Waals surface area contributed by atoms with Crippen LogP contribution < -0.4 is 24.8 Å². The van der Waals surface area contributed by atoms with Gasteiger partial charge < -0.3 is 24.8 Å². The van der Waals surface area contributed by atoms with Crippen molar-refractivity contribution in [1.29, 1.82) is 0 Å². The zero-order chi connectivity index (χ0) is 19.9. The van der Waals surface area contributed by atoms with Crippen molar-refractivity contribution in [3.8, 4) is 17.2 Å². The fourth-order valence-electron chi connectivity index (χ4n) is 2.54. The highest BCUT2D eigenvalue weighted by Gasteiger charge is 2.11. The molecule has 1 aromatic heterocycles. The summed E-state index contributed by atoms with van der Waals surface area (Å²) < 4.78 is 15.6. The van der Waals surface area contributed by atoms with E-state index in [9.17, 15) is 4.79 Å². The number of ether oxygens (including phenoxy) is 3. The van der Waals surface area contributed by atoms with Crippen LogP contribution in [0, 0.1) is 0 Å². The number of nitrogens with zero attached hydrogens (tertiary/aromatic N) is 1. The zero-order valence-electron chi connectivity index (χ0n) is 15.9. The van der Waals surface area contributed by atoms with Crippen LogP contribution in [0.1, 0.15) is 10.4 Å². The topological polar surface area (TPSA) is 81.7 Å². The third-order valence-electron chi connectivity index (χ3n) is 4.03. The average Bonchev–Trinajstić information content (AvgIpc) is 2.75. The van der Waals surface area contributed by atoms with Gasteiger partial charge in [-0.15, -0.1) is 0 Å². The van der Waals surface area contributed by atoms with E-state index in [0.29, 0.717) is 28.6 Å². The van der Waals surface area contributed by atoms with Crippen molar-refractivity contribution in [1.82, 2.24) is 4.98 Å². The summed E-state index contributed by atoms with van der Waals surface area (Å²) in [6.07, 6.45) is 1.59. The molecule has 144 valence electrons. The number of rotatable bonds is 7. The minimum atomic E-state index is -0.265. The molecule has 0 saturated heterocycles. The summed E-state index contributed by atoms with van der Waals surface area (Å²) in [5.41, 5.74) is 1.92. The van der Waals surface area contributed by atoms with E-state index in [1.54, 1.807) is 50.7 Å². The van der Waals surface area contributed by atoms with Gasteiger partial charge in [-0.2, -0.15) is 0 Å². The second kappa shape index (κ2) is 8.77. The van der Waals surface area contributed by atoms with Crippen molar-refractivity contribution in [2.75, 3.05) is 32.0 Å². The normalized spacial score (nSPS) is 10.1. The molecule has 7 heteroatoms. The molecule has 0 aliphatic rings. The summed E-state index contributed by atoms with van der Waals surface area (Å²) in [5.74, 6) is 2.24. The quantitative estimate of drug-likeness (QED) is 0.643. The van der Waals surface area contributed by atoms with E-state index in [-0.39, 0.29) is 5.91 Å². The highest BCUT2D eigenvalue weighted by Crippen LogP contribution is 2.28. The Labute approximate surface area is 163 Å². The van der Waals surface area contributed by atoms with Crippen molar-refractivity contribution >= 4 is 23.1 Å². The number of hydrogen-bond acceptors (Lipinski definition) is 6. The Bertz CT molecular complexity index is 941. The molecule has 3 aromatic rings. The molecule has 28 heavy (non-hydrogen) atoms. The summed E-state index contributed by atoms with van der Waals surface area (Å²) in [6, 6.07) is 16.1. The second-order valence-electron chi connectivity index (χ2n) is 5.81. The minimum absolute atomic E-state index is 0.265. The average molecular weight is 379 g/mol. The van der Waals surface area contributed by atoms with Crippen LogP contribution in [0.25, 0.3) is 0 Å². The molecule has 0 fully saturated rings. The maximum absolute atomic E-state index is 12.5. The number of aromatic nitrogens is 1. The SMILES string of the molecule is COc1ccc(Nc2ccc(NC(=O)c3ccc(OC)c(OC)c3)cn2)cc1. The number of benzene rings is 2. The third-order valence-corrected chi connectivity index (χ3v) is 4.03. The van der Waals surface area contributed by atoms with Gasteiger partial charge in [-0.1, -0.05) is 0 Å². The van der Waals surface area contributed by atoms with Gasteiger partial charge in [0.2, 0.25) is 0 Å². The predicted molar refractivity (Wildman–Crippen MR) is 108 cm³/mol. The van der Waals surface area contributed by atoms with Crippen LogP contribution in [0.5, 0.6) is 17.2 Å². The second-order valence-corrected chi connectivity index (χ2v) is 5.81. The molecule has 7 nitrogen and oxygen atoms in total. The Morgan fingerprint density at radius 1 is 0.821 bits per heavy atom. The highest BCUT2D eigenvalue weighted by atomic mass is 16.5. The standard InChI is InChI=1S/C21H21N3O4/c1-26-17-8-5-15(6-9-17)23-20-11-7-16(13-22-20)24-21(25)14-4-10-18(27-2)19(12-14)28-3/h4-13H,1-3H3,(H,22,23)(H,24,25). The Kier molecular flexibility index (Phi) is 5.96. The fourth-order valence-corrected chi connectivity index (χ4v) is 2.54. The minimum Gasteiger partial charge on any atom is -0.497 e. The smallest absolute Gasteiger partial charge is 0.255 e.